The molecule has 1 saturated carbocycles. The number of fused-ring (bicyclic) bond motifs is 1. The standard InChI is InChI=1S/C20H25N3O6/c1-28-15-8-6-7-14-11-16(29-17(14)15)18(25)21-22-19(26)20(12-23(27)13-24)9-4-2-3-5-10-20/h6-8,11,13,27H,2-5,9-10,12H2,1H3,(H,21,25)(H,22,26). The van der Waals surface area contributed by atoms with Gasteiger partial charge in [-0.3, -0.25) is 30.4 Å². The minimum atomic E-state index is -0.962. The number of methoxy groups -OCH3 is 1. The van der Waals surface area contributed by atoms with Crippen LogP contribution in [0.5, 0.6) is 5.75 Å². The zero-order valence-corrected chi connectivity index (χ0v) is 16.3. The Bertz CT molecular complexity index is 885. The number of amides is 3. The van der Waals surface area contributed by atoms with E-state index in [4.69, 9.17) is 9.15 Å². The number of furan rings is 1. The number of carbonyl (C=O) groups is 3. The molecular formula is C20H25N3O6. The van der Waals surface area contributed by atoms with Gasteiger partial charge in [0.15, 0.2) is 17.1 Å². The maximum atomic E-state index is 12.9. The molecule has 156 valence electrons. The monoisotopic (exact) mass is 403 g/mol. The number of ether oxygens (including phenoxy) is 1. The van der Waals surface area contributed by atoms with E-state index in [9.17, 15) is 19.6 Å². The Morgan fingerprint density at radius 2 is 1.97 bits per heavy atom. The molecule has 9 heteroatoms. The van der Waals surface area contributed by atoms with Gasteiger partial charge in [0.05, 0.1) is 19.1 Å². The topological polar surface area (TPSA) is 121 Å². The summed E-state index contributed by atoms with van der Waals surface area (Å²) in [5.74, 6) is -0.532. The van der Waals surface area contributed by atoms with E-state index < -0.39 is 17.2 Å². The highest BCUT2D eigenvalue weighted by Crippen LogP contribution is 2.36. The number of hydroxylamine groups is 2. The maximum absolute atomic E-state index is 12.9. The molecule has 29 heavy (non-hydrogen) atoms. The molecule has 1 aromatic carbocycles. The summed E-state index contributed by atoms with van der Waals surface area (Å²) in [7, 11) is 1.51. The zero-order valence-electron chi connectivity index (χ0n) is 16.3. The van der Waals surface area contributed by atoms with E-state index in [0.29, 0.717) is 34.6 Å². The molecule has 3 amide bonds. The van der Waals surface area contributed by atoms with Gasteiger partial charge in [0.1, 0.15) is 0 Å². The molecule has 0 bridgehead atoms. The van der Waals surface area contributed by atoms with Crippen LogP contribution in [0.1, 0.15) is 49.1 Å². The summed E-state index contributed by atoms with van der Waals surface area (Å²) in [5, 5.41) is 10.9. The summed E-state index contributed by atoms with van der Waals surface area (Å²) < 4.78 is 10.8. The van der Waals surface area contributed by atoms with Gasteiger partial charge in [-0.15, -0.1) is 0 Å². The first kappa shape index (κ1) is 20.7. The molecule has 0 aliphatic heterocycles. The van der Waals surface area contributed by atoms with Crippen LogP contribution in [-0.4, -0.2) is 42.1 Å². The third-order valence-corrected chi connectivity index (χ3v) is 5.37. The van der Waals surface area contributed by atoms with Crippen molar-refractivity contribution in [3.8, 4) is 5.75 Å². The Morgan fingerprint density at radius 3 is 2.62 bits per heavy atom. The highest BCUT2D eigenvalue weighted by molar-refractivity contribution is 5.98. The fraction of sp³-hybridized carbons (Fsp3) is 0.450. The van der Waals surface area contributed by atoms with Crippen LogP contribution in [0.3, 0.4) is 0 Å². The van der Waals surface area contributed by atoms with E-state index >= 15 is 0 Å². The normalized spacial score (nSPS) is 15.9. The number of para-hydroxylation sites is 1. The van der Waals surface area contributed by atoms with Gasteiger partial charge in [0.2, 0.25) is 12.3 Å². The van der Waals surface area contributed by atoms with Gasteiger partial charge in [-0.05, 0) is 25.0 Å². The Balaban J connectivity index is 1.72. The molecule has 1 aromatic heterocycles. The predicted molar refractivity (Wildman–Crippen MR) is 103 cm³/mol. The van der Waals surface area contributed by atoms with Gasteiger partial charge in [-0.2, -0.15) is 0 Å². The third kappa shape index (κ3) is 4.51. The lowest BCUT2D eigenvalue weighted by Gasteiger charge is -2.32. The number of hydrogen-bond acceptors (Lipinski definition) is 6. The Kier molecular flexibility index (Phi) is 6.38. The van der Waals surface area contributed by atoms with Crippen LogP contribution in [0.4, 0.5) is 0 Å². The van der Waals surface area contributed by atoms with Crippen LogP contribution in [0.2, 0.25) is 0 Å². The molecule has 0 radical (unpaired) electrons. The third-order valence-electron chi connectivity index (χ3n) is 5.37. The van der Waals surface area contributed by atoms with E-state index in [1.54, 1.807) is 24.3 Å². The number of hydrazine groups is 1. The number of rotatable bonds is 6. The van der Waals surface area contributed by atoms with Crippen molar-refractivity contribution in [2.45, 2.75) is 38.5 Å². The molecule has 3 N–H and O–H groups in total. The average Bonchev–Trinajstić information content (AvgIpc) is 3.04. The van der Waals surface area contributed by atoms with Crippen LogP contribution in [-0.2, 0) is 9.59 Å². The lowest BCUT2D eigenvalue weighted by Crippen LogP contribution is -2.53. The van der Waals surface area contributed by atoms with Gasteiger partial charge in [0, 0.05) is 5.39 Å². The molecule has 3 rings (SSSR count). The molecule has 0 unspecified atom stereocenters. The Labute approximate surface area is 167 Å². The van der Waals surface area contributed by atoms with Crippen LogP contribution >= 0.6 is 0 Å². The molecule has 1 heterocycles. The van der Waals surface area contributed by atoms with E-state index in [1.165, 1.54) is 7.11 Å². The van der Waals surface area contributed by atoms with Crippen molar-refractivity contribution >= 4 is 29.2 Å². The first-order valence-corrected chi connectivity index (χ1v) is 9.57. The fourth-order valence-electron chi connectivity index (χ4n) is 3.83. The lowest BCUT2D eigenvalue weighted by molar-refractivity contribution is -0.162. The van der Waals surface area contributed by atoms with Crippen molar-refractivity contribution in [3.63, 3.8) is 0 Å². The highest BCUT2D eigenvalue weighted by Gasteiger charge is 2.40. The average molecular weight is 403 g/mol. The number of benzene rings is 1. The van der Waals surface area contributed by atoms with Gasteiger partial charge in [-0.25, -0.2) is 5.06 Å². The summed E-state index contributed by atoms with van der Waals surface area (Å²) in [4.78, 5) is 36.2. The van der Waals surface area contributed by atoms with E-state index in [2.05, 4.69) is 10.9 Å². The van der Waals surface area contributed by atoms with Gasteiger partial charge in [-0.1, -0.05) is 37.8 Å². The van der Waals surface area contributed by atoms with E-state index in [-0.39, 0.29) is 18.7 Å². The Morgan fingerprint density at radius 1 is 1.24 bits per heavy atom. The molecule has 1 aliphatic rings. The number of carbonyl (C=O) groups excluding carboxylic acids is 3. The van der Waals surface area contributed by atoms with Crippen molar-refractivity contribution in [3.05, 3.63) is 30.0 Å². The quantitative estimate of drug-likeness (QED) is 0.295. The second-order valence-corrected chi connectivity index (χ2v) is 7.30. The summed E-state index contributed by atoms with van der Waals surface area (Å²) in [6.07, 6.45) is 4.88. The van der Waals surface area contributed by atoms with Crippen molar-refractivity contribution in [2.24, 2.45) is 5.41 Å². The molecule has 1 aliphatic carbocycles. The van der Waals surface area contributed by atoms with E-state index in [1.807, 2.05) is 0 Å². The summed E-state index contributed by atoms with van der Waals surface area (Å²) in [5.41, 5.74) is 4.28. The predicted octanol–water partition coefficient (Wildman–Crippen LogP) is 2.39. The molecule has 0 atom stereocenters. The number of hydrogen-bond donors (Lipinski definition) is 3. The molecule has 0 spiro atoms. The SMILES string of the molecule is COc1cccc2cc(C(=O)NNC(=O)C3(CN(O)C=O)CCCCCC3)oc12. The maximum Gasteiger partial charge on any atom is 0.305 e. The van der Waals surface area contributed by atoms with Crippen LogP contribution in [0.25, 0.3) is 11.0 Å². The lowest BCUT2D eigenvalue weighted by atomic mass is 9.79. The van der Waals surface area contributed by atoms with Gasteiger partial charge >= 0.3 is 5.91 Å². The first-order chi connectivity index (χ1) is 14.0. The molecular weight excluding hydrogens is 378 g/mol. The number of nitrogens with zero attached hydrogens (tertiary/aromatic N) is 1. The fourth-order valence-corrected chi connectivity index (χ4v) is 3.83. The van der Waals surface area contributed by atoms with Crippen LogP contribution in [0, 0.1) is 5.41 Å². The minimum Gasteiger partial charge on any atom is -0.493 e. The smallest absolute Gasteiger partial charge is 0.305 e. The van der Waals surface area contributed by atoms with Crippen molar-refractivity contribution in [1.29, 1.82) is 0 Å². The highest BCUT2D eigenvalue weighted by atomic mass is 16.5. The van der Waals surface area contributed by atoms with Crippen LogP contribution < -0.4 is 15.6 Å². The summed E-state index contributed by atoms with van der Waals surface area (Å²) in [6.45, 7) is -0.125. The molecule has 2 aromatic rings. The van der Waals surface area contributed by atoms with Crippen LogP contribution in [0.15, 0.2) is 28.7 Å². The summed E-state index contributed by atoms with van der Waals surface area (Å²) in [6, 6.07) is 6.84. The van der Waals surface area contributed by atoms with Crippen molar-refractivity contribution in [1.82, 2.24) is 15.9 Å². The van der Waals surface area contributed by atoms with Gasteiger partial charge in [0.25, 0.3) is 0 Å². The molecule has 0 saturated heterocycles. The first-order valence-electron chi connectivity index (χ1n) is 9.57. The molecule has 1 fully saturated rings. The minimum absolute atomic E-state index is 0.0244. The largest absolute Gasteiger partial charge is 0.493 e. The van der Waals surface area contributed by atoms with E-state index in [0.717, 1.165) is 25.7 Å². The summed E-state index contributed by atoms with van der Waals surface area (Å²) >= 11 is 0. The van der Waals surface area contributed by atoms with Gasteiger partial charge < -0.3 is 9.15 Å². The second kappa shape index (κ2) is 8.95. The van der Waals surface area contributed by atoms with Crippen molar-refractivity contribution < 1.29 is 28.7 Å². The second-order valence-electron chi connectivity index (χ2n) is 7.30. The number of nitrogens with one attached hydrogen (secondary N) is 2. The van der Waals surface area contributed by atoms with Crippen molar-refractivity contribution in [2.75, 3.05) is 13.7 Å². The zero-order chi connectivity index (χ0) is 20.9. The Hall–Kier alpha value is -3.07. The molecule has 9 nitrogen and oxygen atoms in total.